The number of ether oxygens (including phenoxy) is 1. The van der Waals surface area contributed by atoms with E-state index in [1.165, 1.54) is 0 Å². The molecule has 5 nitrogen and oxygen atoms in total. The predicted molar refractivity (Wildman–Crippen MR) is 77.4 cm³/mol. The Balaban J connectivity index is 1.89. The first-order valence-electron chi connectivity index (χ1n) is 7.00. The number of para-hydroxylation sites is 2. The van der Waals surface area contributed by atoms with E-state index in [-0.39, 0.29) is 18.6 Å². The minimum Gasteiger partial charge on any atom is -0.482 e. The molecule has 110 valence electrons. The fraction of sp³-hybridized carbons (Fsp3) is 0.533. The summed E-state index contributed by atoms with van der Waals surface area (Å²) < 4.78 is 5.45. The summed E-state index contributed by atoms with van der Waals surface area (Å²) in [5.41, 5.74) is 6.27. The van der Waals surface area contributed by atoms with Crippen LogP contribution in [0.2, 0.25) is 0 Å². The fourth-order valence-corrected chi connectivity index (χ4v) is 2.58. The maximum Gasteiger partial charge on any atom is 0.260 e. The highest BCUT2D eigenvalue weighted by molar-refractivity contribution is 5.78. The zero-order valence-corrected chi connectivity index (χ0v) is 11.8. The molecule has 2 unspecified atom stereocenters. The Labute approximate surface area is 119 Å². The van der Waals surface area contributed by atoms with Gasteiger partial charge in [0.15, 0.2) is 6.61 Å². The molecule has 20 heavy (non-hydrogen) atoms. The maximum absolute atomic E-state index is 12.1. The third-order valence-corrected chi connectivity index (χ3v) is 3.85. The first-order valence-corrected chi connectivity index (χ1v) is 7.00. The molecular weight excluding hydrogens is 256 g/mol. The van der Waals surface area contributed by atoms with Crippen LogP contribution in [-0.2, 0) is 4.79 Å². The van der Waals surface area contributed by atoms with Crippen molar-refractivity contribution in [3.63, 3.8) is 0 Å². The molecule has 1 aromatic rings. The average molecular weight is 278 g/mol. The molecule has 0 radical (unpaired) electrons. The topological polar surface area (TPSA) is 75.8 Å². The van der Waals surface area contributed by atoms with Crippen molar-refractivity contribution >= 4 is 11.6 Å². The van der Waals surface area contributed by atoms with E-state index in [4.69, 9.17) is 10.5 Å². The molecule has 5 heteroatoms. The van der Waals surface area contributed by atoms with Gasteiger partial charge >= 0.3 is 0 Å². The minimum atomic E-state index is -0.431. The van der Waals surface area contributed by atoms with Crippen molar-refractivity contribution in [2.45, 2.75) is 37.8 Å². The Bertz CT molecular complexity index is 464. The Morgan fingerprint density at radius 1 is 1.40 bits per heavy atom. The zero-order valence-electron chi connectivity index (χ0n) is 11.8. The smallest absolute Gasteiger partial charge is 0.260 e. The predicted octanol–water partition coefficient (Wildman–Crippen LogP) is 1.41. The highest BCUT2D eigenvalue weighted by Gasteiger charge is 2.29. The van der Waals surface area contributed by atoms with Gasteiger partial charge in [-0.15, -0.1) is 0 Å². The summed E-state index contributed by atoms with van der Waals surface area (Å²) in [6.45, 7) is -0.0616. The Morgan fingerprint density at radius 3 is 2.80 bits per heavy atom. The summed E-state index contributed by atoms with van der Waals surface area (Å²) in [6, 6.07) is 6.99. The molecule has 1 aliphatic carbocycles. The first-order chi connectivity index (χ1) is 9.59. The number of carbonyl (C=O) groups excluding carboxylic acids is 1. The van der Waals surface area contributed by atoms with Crippen LogP contribution in [0.5, 0.6) is 5.75 Å². The number of benzene rings is 1. The molecule has 2 atom stereocenters. The number of nitrogens with zero attached hydrogens (tertiary/aromatic N) is 1. The third-order valence-electron chi connectivity index (χ3n) is 3.85. The maximum atomic E-state index is 12.1. The molecule has 0 spiro atoms. The van der Waals surface area contributed by atoms with Crippen LogP contribution < -0.4 is 10.5 Å². The van der Waals surface area contributed by atoms with E-state index in [0.717, 1.165) is 25.7 Å². The SMILES string of the molecule is CN(C(=O)COc1ccccc1N)C1CCCCC1O. The van der Waals surface area contributed by atoms with Gasteiger partial charge in [-0.05, 0) is 25.0 Å². The highest BCUT2D eigenvalue weighted by atomic mass is 16.5. The molecule has 0 saturated heterocycles. The molecule has 1 aromatic carbocycles. The van der Waals surface area contributed by atoms with E-state index in [1.54, 1.807) is 24.1 Å². The molecule has 1 fully saturated rings. The fourth-order valence-electron chi connectivity index (χ4n) is 2.58. The summed E-state index contributed by atoms with van der Waals surface area (Å²) in [4.78, 5) is 13.7. The molecule has 1 amide bonds. The molecule has 1 aliphatic rings. The van der Waals surface area contributed by atoms with Crippen LogP contribution in [0, 0.1) is 0 Å². The zero-order chi connectivity index (χ0) is 14.5. The summed E-state index contributed by atoms with van der Waals surface area (Å²) >= 11 is 0. The molecule has 0 bridgehead atoms. The number of rotatable bonds is 4. The normalized spacial score (nSPS) is 22.3. The number of nitrogens with two attached hydrogens (primary N) is 1. The van der Waals surface area contributed by atoms with E-state index >= 15 is 0 Å². The minimum absolute atomic E-state index is 0.0616. The van der Waals surface area contributed by atoms with Crippen molar-refractivity contribution in [2.24, 2.45) is 0 Å². The molecule has 3 N–H and O–H groups in total. The second-order valence-electron chi connectivity index (χ2n) is 5.25. The van der Waals surface area contributed by atoms with Gasteiger partial charge in [-0.2, -0.15) is 0 Å². The molecule has 0 heterocycles. The molecule has 1 saturated carbocycles. The standard InChI is InChI=1S/C15H22N2O3/c1-17(12-7-3-4-8-13(12)18)15(19)10-20-14-9-5-2-6-11(14)16/h2,5-6,9,12-13,18H,3-4,7-8,10,16H2,1H3. The van der Waals surface area contributed by atoms with Crippen LogP contribution >= 0.6 is 0 Å². The van der Waals surface area contributed by atoms with Crippen LogP contribution in [0.4, 0.5) is 5.69 Å². The van der Waals surface area contributed by atoms with E-state index < -0.39 is 6.10 Å². The first kappa shape index (κ1) is 14.7. The van der Waals surface area contributed by atoms with Crippen molar-refractivity contribution in [3.05, 3.63) is 24.3 Å². The number of amides is 1. The summed E-state index contributed by atoms with van der Waals surface area (Å²) in [5, 5.41) is 9.96. The number of nitrogen functional groups attached to an aromatic ring is 1. The third kappa shape index (κ3) is 3.42. The lowest BCUT2D eigenvalue weighted by molar-refractivity contribution is -0.137. The van der Waals surface area contributed by atoms with E-state index in [2.05, 4.69) is 0 Å². The van der Waals surface area contributed by atoms with Gasteiger partial charge in [-0.25, -0.2) is 0 Å². The van der Waals surface area contributed by atoms with Gasteiger partial charge in [0.1, 0.15) is 5.75 Å². The van der Waals surface area contributed by atoms with Gasteiger partial charge in [-0.1, -0.05) is 25.0 Å². The van der Waals surface area contributed by atoms with Crippen molar-refractivity contribution in [1.29, 1.82) is 0 Å². The van der Waals surface area contributed by atoms with Crippen LogP contribution in [-0.4, -0.2) is 41.7 Å². The Kier molecular flexibility index (Phi) is 4.84. The monoisotopic (exact) mass is 278 g/mol. The highest BCUT2D eigenvalue weighted by Crippen LogP contribution is 2.23. The van der Waals surface area contributed by atoms with Crippen LogP contribution in [0.3, 0.4) is 0 Å². The summed E-state index contributed by atoms with van der Waals surface area (Å²) in [7, 11) is 1.72. The van der Waals surface area contributed by atoms with Crippen LogP contribution in [0.15, 0.2) is 24.3 Å². The van der Waals surface area contributed by atoms with Gasteiger partial charge in [0.25, 0.3) is 5.91 Å². The van der Waals surface area contributed by atoms with Gasteiger partial charge in [0, 0.05) is 7.05 Å². The van der Waals surface area contributed by atoms with Gasteiger partial charge in [0.2, 0.25) is 0 Å². The number of aliphatic hydroxyl groups excluding tert-OH is 1. The van der Waals surface area contributed by atoms with Gasteiger partial charge in [-0.3, -0.25) is 4.79 Å². The molecule has 2 rings (SSSR count). The quantitative estimate of drug-likeness (QED) is 0.817. The Morgan fingerprint density at radius 2 is 2.10 bits per heavy atom. The lowest BCUT2D eigenvalue weighted by Gasteiger charge is -2.35. The van der Waals surface area contributed by atoms with E-state index in [0.29, 0.717) is 11.4 Å². The second kappa shape index (κ2) is 6.61. The molecular formula is C15H22N2O3. The number of likely N-dealkylation sites (N-methyl/N-ethyl adjacent to an activating group) is 1. The van der Waals surface area contributed by atoms with Crippen molar-refractivity contribution in [3.8, 4) is 5.75 Å². The number of hydrogen-bond acceptors (Lipinski definition) is 4. The van der Waals surface area contributed by atoms with Crippen LogP contribution in [0.25, 0.3) is 0 Å². The lowest BCUT2D eigenvalue weighted by atomic mass is 9.91. The molecule has 0 aromatic heterocycles. The van der Waals surface area contributed by atoms with Crippen molar-refractivity contribution < 1.29 is 14.6 Å². The Hall–Kier alpha value is -1.75. The van der Waals surface area contributed by atoms with Crippen molar-refractivity contribution in [2.75, 3.05) is 19.4 Å². The largest absolute Gasteiger partial charge is 0.482 e. The van der Waals surface area contributed by atoms with E-state index in [1.807, 2.05) is 12.1 Å². The summed E-state index contributed by atoms with van der Waals surface area (Å²) in [6.07, 6.45) is 3.24. The lowest BCUT2D eigenvalue weighted by Crippen LogP contribution is -2.47. The molecule has 0 aliphatic heterocycles. The van der Waals surface area contributed by atoms with Gasteiger partial charge in [0.05, 0.1) is 17.8 Å². The number of hydrogen-bond donors (Lipinski definition) is 2. The second-order valence-corrected chi connectivity index (χ2v) is 5.25. The number of anilines is 1. The number of aliphatic hydroxyl groups is 1. The number of carbonyl (C=O) groups is 1. The van der Waals surface area contributed by atoms with E-state index in [9.17, 15) is 9.90 Å². The van der Waals surface area contributed by atoms with Gasteiger partial charge < -0.3 is 20.5 Å². The average Bonchev–Trinajstić information content (AvgIpc) is 2.46. The van der Waals surface area contributed by atoms with Crippen LogP contribution in [0.1, 0.15) is 25.7 Å². The van der Waals surface area contributed by atoms with Crippen molar-refractivity contribution in [1.82, 2.24) is 4.90 Å². The summed E-state index contributed by atoms with van der Waals surface area (Å²) in [5.74, 6) is 0.373.